The van der Waals surface area contributed by atoms with Crippen molar-refractivity contribution in [2.24, 2.45) is 0 Å². The minimum Gasteiger partial charge on any atom is -0.455 e. The summed E-state index contributed by atoms with van der Waals surface area (Å²) in [5.74, 6) is 0. The van der Waals surface area contributed by atoms with Crippen LogP contribution < -0.4 is 4.90 Å². The van der Waals surface area contributed by atoms with Gasteiger partial charge >= 0.3 is 0 Å². The lowest BCUT2D eigenvalue weighted by molar-refractivity contribution is 0.672. The lowest BCUT2D eigenvalue weighted by Gasteiger charge is -2.27. The van der Waals surface area contributed by atoms with Crippen LogP contribution in [0.3, 0.4) is 0 Å². The van der Waals surface area contributed by atoms with Crippen molar-refractivity contribution in [3.05, 3.63) is 170 Å². The summed E-state index contributed by atoms with van der Waals surface area (Å²) in [6.07, 6.45) is 0. The van der Waals surface area contributed by atoms with Gasteiger partial charge in [0.1, 0.15) is 11.2 Å². The molecule has 0 N–H and O–H groups in total. The van der Waals surface area contributed by atoms with Crippen LogP contribution in [0, 0.1) is 0 Å². The van der Waals surface area contributed by atoms with Crippen LogP contribution >= 0.6 is 11.3 Å². The predicted molar refractivity (Wildman–Crippen MR) is 213 cm³/mol. The Kier molecular flexibility index (Phi) is 5.83. The van der Waals surface area contributed by atoms with E-state index in [1.807, 2.05) is 11.3 Å². The fraction of sp³-hybridized carbons (Fsp3) is 0. The summed E-state index contributed by atoms with van der Waals surface area (Å²) < 4.78 is 11.5. The zero-order chi connectivity index (χ0) is 32.8. The molecule has 4 heteroatoms. The quantitative estimate of drug-likeness (QED) is 0.188. The van der Waals surface area contributed by atoms with Gasteiger partial charge in [-0.05, 0) is 78.2 Å². The van der Waals surface area contributed by atoms with Crippen LogP contribution in [-0.4, -0.2) is 4.57 Å². The Balaban J connectivity index is 1.26. The minimum atomic E-state index is 0.887. The molecule has 0 atom stereocenters. The van der Waals surface area contributed by atoms with Gasteiger partial charge in [0.25, 0.3) is 0 Å². The van der Waals surface area contributed by atoms with E-state index < -0.39 is 0 Å². The third-order valence-electron chi connectivity index (χ3n) is 10.2. The van der Waals surface area contributed by atoms with Crippen LogP contribution in [0.25, 0.3) is 80.4 Å². The Hall–Kier alpha value is -6.36. The summed E-state index contributed by atoms with van der Waals surface area (Å²) in [4.78, 5) is 2.48. The molecule has 0 saturated heterocycles. The van der Waals surface area contributed by atoms with Gasteiger partial charge in [0.15, 0.2) is 0 Å². The first kappa shape index (κ1) is 27.6. The number of hydrogen-bond donors (Lipinski definition) is 0. The third-order valence-corrected chi connectivity index (χ3v) is 11.3. The topological polar surface area (TPSA) is 21.3 Å². The highest BCUT2D eigenvalue weighted by atomic mass is 32.1. The normalized spacial score (nSPS) is 12.0. The van der Waals surface area contributed by atoms with E-state index in [2.05, 4.69) is 179 Å². The number of furan rings is 1. The molecule has 0 aliphatic rings. The first-order chi connectivity index (χ1) is 24.8. The molecule has 234 valence electrons. The van der Waals surface area contributed by atoms with Gasteiger partial charge < -0.3 is 13.9 Å². The van der Waals surface area contributed by atoms with E-state index in [4.69, 9.17) is 4.42 Å². The predicted octanol–water partition coefficient (Wildman–Crippen LogP) is 13.7. The van der Waals surface area contributed by atoms with E-state index in [1.165, 1.54) is 47.4 Å². The van der Waals surface area contributed by atoms with Gasteiger partial charge in [0.2, 0.25) is 0 Å². The van der Waals surface area contributed by atoms with Gasteiger partial charge in [0.05, 0.1) is 22.4 Å². The molecule has 3 nitrogen and oxygen atoms in total. The number of para-hydroxylation sites is 2. The molecule has 50 heavy (non-hydrogen) atoms. The largest absolute Gasteiger partial charge is 0.455 e. The summed E-state index contributed by atoms with van der Waals surface area (Å²) >= 11 is 1.85. The molecule has 0 bridgehead atoms. The lowest BCUT2D eigenvalue weighted by Crippen LogP contribution is -2.10. The summed E-state index contributed by atoms with van der Waals surface area (Å²) in [5, 5.41) is 9.51. The Morgan fingerprint density at radius 1 is 0.460 bits per heavy atom. The Labute approximate surface area is 291 Å². The van der Waals surface area contributed by atoms with Crippen LogP contribution in [0.2, 0.25) is 0 Å². The zero-order valence-corrected chi connectivity index (χ0v) is 27.7. The van der Waals surface area contributed by atoms with Gasteiger partial charge in [-0.2, -0.15) is 0 Å². The SMILES string of the molecule is c1ccc(-n2c3ccccc3c3c(N(c4ccc5oc6c7ccccc7ccc6c5c4)c4cccc5sc6ccccc6c45)cccc32)cc1. The van der Waals surface area contributed by atoms with Crippen LogP contribution in [-0.2, 0) is 0 Å². The Morgan fingerprint density at radius 2 is 1.16 bits per heavy atom. The molecular weight excluding hydrogens is 629 g/mol. The number of rotatable bonds is 4. The molecule has 0 aliphatic carbocycles. The van der Waals surface area contributed by atoms with Gasteiger partial charge in [-0.1, -0.05) is 97.1 Å². The maximum atomic E-state index is 6.59. The van der Waals surface area contributed by atoms with Crippen molar-refractivity contribution >= 4 is 103 Å². The van der Waals surface area contributed by atoms with Crippen molar-refractivity contribution in [2.75, 3.05) is 4.90 Å². The highest BCUT2D eigenvalue weighted by molar-refractivity contribution is 7.26. The van der Waals surface area contributed by atoms with Crippen molar-refractivity contribution in [1.29, 1.82) is 0 Å². The Morgan fingerprint density at radius 3 is 2.06 bits per heavy atom. The van der Waals surface area contributed by atoms with Crippen LogP contribution in [0.5, 0.6) is 0 Å². The first-order valence-electron chi connectivity index (χ1n) is 16.9. The minimum absolute atomic E-state index is 0.887. The van der Waals surface area contributed by atoms with Crippen molar-refractivity contribution in [3.63, 3.8) is 0 Å². The van der Waals surface area contributed by atoms with Crippen molar-refractivity contribution in [2.45, 2.75) is 0 Å². The average molecular weight is 657 g/mol. The van der Waals surface area contributed by atoms with Gasteiger partial charge in [-0.25, -0.2) is 0 Å². The summed E-state index contributed by atoms with van der Waals surface area (Å²) in [5.41, 5.74) is 8.69. The number of benzene rings is 8. The van der Waals surface area contributed by atoms with E-state index in [0.29, 0.717) is 0 Å². The molecule has 0 aliphatic heterocycles. The second kappa shape index (κ2) is 10.6. The van der Waals surface area contributed by atoms with E-state index in [1.54, 1.807) is 0 Å². The maximum absolute atomic E-state index is 6.59. The van der Waals surface area contributed by atoms with Gasteiger partial charge in [-0.3, -0.25) is 0 Å². The van der Waals surface area contributed by atoms with Crippen LogP contribution in [0.1, 0.15) is 0 Å². The number of nitrogens with zero attached hydrogens (tertiary/aromatic N) is 2. The molecule has 0 fully saturated rings. The summed E-state index contributed by atoms with van der Waals surface area (Å²) in [6.45, 7) is 0. The van der Waals surface area contributed by atoms with Crippen molar-refractivity contribution < 1.29 is 4.42 Å². The molecule has 0 amide bonds. The zero-order valence-electron chi connectivity index (χ0n) is 26.9. The molecular formula is C46H28N2OS. The third kappa shape index (κ3) is 3.91. The summed E-state index contributed by atoms with van der Waals surface area (Å²) in [6, 6.07) is 61.3. The van der Waals surface area contributed by atoms with Gasteiger partial charge in [-0.15, -0.1) is 11.3 Å². The smallest absolute Gasteiger partial charge is 0.143 e. The van der Waals surface area contributed by atoms with Crippen LogP contribution in [0.15, 0.2) is 174 Å². The standard InChI is InChI=1S/C46H28N2OS/c1-2-13-30(14-3-1)47-37-18-8-6-16-34(37)44-38(47)19-10-20-39(44)48(40-21-11-23-43-45(40)35-17-7-9-22-42(35)50-43)31-25-27-41-36(28-31)33-26-24-29-12-4-5-15-32(29)46(33)49-41/h1-28H. The van der Waals surface area contributed by atoms with Crippen molar-refractivity contribution in [3.8, 4) is 5.69 Å². The second-order valence-electron chi connectivity index (χ2n) is 12.9. The maximum Gasteiger partial charge on any atom is 0.143 e. The molecule has 11 aromatic rings. The monoisotopic (exact) mass is 656 g/mol. The fourth-order valence-electron chi connectivity index (χ4n) is 8.02. The number of anilines is 3. The fourth-order valence-corrected chi connectivity index (χ4v) is 9.15. The summed E-state index contributed by atoms with van der Waals surface area (Å²) in [7, 11) is 0. The highest BCUT2D eigenvalue weighted by Gasteiger charge is 2.24. The average Bonchev–Trinajstić information content (AvgIpc) is 3.85. The van der Waals surface area contributed by atoms with E-state index in [-0.39, 0.29) is 0 Å². The first-order valence-corrected chi connectivity index (χ1v) is 17.8. The molecule has 0 unspecified atom stereocenters. The molecule has 3 aromatic heterocycles. The number of fused-ring (bicyclic) bond motifs is 11. The highest BCUT2D eigenvalue weighted by Crippen LogP contribution is 2.49. The lowest BCUT2D eigenvalue weighted by atomic mass is 10.0. The number of hydrogen-bond acceptors (Lipinski definition) is 3. The van der Waals surface area contributed by atoms with E-state index >= 15 is 0 Å². The molecule has 0 saturated carbocycles. The second-order valence-corrected chi connectivity index (χ2v) is 14.0. The van der Waals surface area contributed by atoms with Crippen LogP contribution in [0.4, 0.5) is 17.1 Å². The molecule has 8 aromatic carbocycles. The molecule has 0 spiro atoms. The van der Waals surface area contributed by atoms with Crippen molar-refractivity contribution in [1.82, 2.24) is 4.57 Å². The Bertz CT molecular complexity index is 3110. The van der Waals surface area contributed by atoms with Gasteiger partial charge in [0, 0.05) is 58.5 Å². The number of thiophene rings is 1. The number of aromatic nitrogens is 1. The van der Waals surface area contributed by atoms with E-state index in [9.17, 15) is 0 Å². The molecule has 11 rings (SSSR count). The van der Waals surface area contributed by atoms with E-state index in [0.717, 1.165) is 50.1 Å². The molecule has 3 heterocycles. The molecule has 0 radical (unpaired) electrons.